The summed E-state index contributed by atoms with van der Waals surface area (Å²) in [7, 11) is 0. The van der Waals surface area contributed by atoms with Gasteiger partial charge in [0.25, 0.3) is 5.91 Å². The highest BCUT2D eigenvalue weighted by Gasteiger charge is 2.42. The molecule has 2 aromatic rings. The Morgan fingerprint density at radius 1 is 1.15 bits per heavy atom. The Balaban J connectivity index is 1.70. The zero-order valence-corrected chi connectivity index (χ0v) is 15.0. The second-order valence-corrected chi connectivity index (χ2v) is 7.33. The van der Waals surface area contributed by atoms with E-state index in [0.717, 1.165) is 35.7 Å². The number of carbonyl (C=O) groups is 1. The first kappa shape index (κ1) is 18.0. The molecule has 0 saturated carbocycles. The number of alkyl halides is 3. The van der Waals surface area contributed by atoms with Crippen LogP contribution in [0, 0.1) is 6.92 Å². The summed E-state index contributed by atoms with van der Waals surface area (Å²) in [5.74, 6) is -0.602. The maximum Gasteiger partial charge on any atom is 0.434 e. The largest absolute Gasteiger partial charge is 0.434 e. The van der Waals surface area contributed by atoms with Crippen LogP contribution in [0.5, 0.6) is 0 Å². The van der Waals surface area contributed by atoms with Crippen LogP contribution in [-0.4, -0.2) is 45.8 Å². The highest BCUT2D eigenvalue weighted by molar-refractivity contribution is 5.95. The number of nitrogens with one attached hydrogen (secondary N) is 1. The first-order valence-corrected chi connectivity index (χ1v) is 9.10. The van der Waals surface area contributed by atoms with Gasteiger partial charge in [0.05, 0.1) is 17.4 Å². The molecule has 3 heterocycles. The van der Waals surface area contributed by atoms with Gasteiger partial charge in [-0.3, -0.25) is 4.79 Å². The van der Waals surface area contributed by atoms with E-state index in [1.165, 1.54) is 4.90 Å². The number of aromatic nitrogens is 2. The van der Waals surface area contributed by atoms with Gasteiger partial charge in [-0.25, -0.2) is 4.68 Å². The molecule has 0 spiro atoms. The summed E-state index contributed by atoms with van der Waals surface area (Å²) in [6.45, 7) is 2.75. The third-order valence-corrected chi connectivity index (χ3v) is 5.36. The molecule has 1 aromatic carbocycles. The average molecular weight is 378 g/mol. The number of nitrogens with zero attached hydrogens (tertiary/aromatic N) is 3. The summed E-state index contributed by atoms with van der Waals surface area (Å²) in [6, 6.07) is 7.08. The average Bonchev–Trinajstić information content (AvgIpc) is 3.18. The second-order valence-electron chi connectivity index (χ2n) is 7.33. The predicted molar refractivity (Wildman–Crippen MR) is 93.8 cm³/mol. The van der Waals surface area contributed by atoms with Crippen molar-refractivity contribution in [3.8, 4) is 5.69 Å². The third-order valence-electron chi connectivity index (χ3n) is 5.36. The van der Waals surface area contributed by atoms with Crippen LogP contribution >= 0.6 is 0 Å². The first-order chi connectivity index (χ1) is 12.8. The van der Waals surface area contributed by atoms with E-state index in [1.54, 1.807) is 24.3 Å². The SMILES string of the molecule is Cc1ccc(-n2ncc(C(=O)N3CCC4CCC(C3)N4)c2C(F)(F)F)cc1. The molecule has 2 atom stereocenters. The number of aryl methyl sites for hydroxylation is 1. The lowest BCUT2D eigenvalue weighted by Crippen LogP contribution is -2.39. The van der Waals surface area contributed by atoms with Crippen molar-refractivity contribution in [1.82, 2.24) is 20.0 Å². The lowest BCUT2D eigenvalue weighted by molar-refractivity contribution is -0.143. The summed E-state index contributed by atoms with van der Waals surface area (Å²) in [5.41, 5.74) is -0.189. The Hall–Kier alpha value is -2.35. The van der Waals surface area contributed by atoms with Crippen LogP contribution in [0.15, 0.2) is 30.5 Å². The van der Waals surface area contributed by atoms with Gasteiger partial charge in [-0.1, -0.05) is 17.7 Å². The van der Waals surface area contributed by atoms with Gasteiger partial charge in [0.2, 0.25) is 0 Å². The van der Waals surface area contributed by atoms with E-state index in [4.69, 9.17) is 0 Å². The molecule has 2 fully saturated rings. The van der Waals surface area contributed by atoms with Gasteiger partial charge in [-0.05, 0) is 38.3 Å². The number of hydrogen-bond donors (Lipinski definition) is 1. The summed E-state index contributed by atoms with van der Waals surface area (Å²) >= 11 is 0. The number of benzene rings is 1. The molecule has 0 radical (unpaired) electrons. The fourth-order valence-corrected chi connectivity index (χ4v) is 3.96. The van der Waals surface area contributed by atoms with Crippen molar-refractivity contribution in [2.45, 2.75) is 44.4 Å². The second kappa shape index (κ2) is 6.67. The maximum absolute atomic E-state index is 13.8. The maximum atomic E-state index is 13.8. The van der Waals surface area contributed by atoms with Crippen LogP contribution in [-0.2, 0) is 6.18 Å². The van der Waals surface area contributed by atoms with Gasteiger partial charge >= 0.3 is 6.18 Å². The molecule has 2 saturated heterocycles. The number of amides is 1. The molecule has 1 aromatic heterocycles. The monoisotopic (exact) mass is 378 g/mol. The Labute approximate surface area is 155 Å². The van der Waals surface area contributed by atoms with Gasteiger partial charge in [0.15, 0.2) is 5.69 Å². The molecule has 8 heteroatoms. The topological polar surface area (TPSA) is 50.2 Å². The molecule has 2 bridgehead atoms. The highest BCUT2D eigenvalue weighted by Crippen LogP contribution is 2.34. The van der Waals surface area contributed by atoms with Gasteiger partial charge < -0.3 is 10.2 Å². The minimum absolute atomic E-state index is 0.155. The Kier molecular flexibility index (Phi) is 4.46. The predicted octanol–water partition coefficient (Wildman–Crippen LogP) is 3.17. The van der Waals surface area contributed by atoms with Crippen LogP contribution in [0.4, 0.5) is 13.2 Å². The summed E-state index contributed by atoms with van der Waals surface area (Å²) in [4.78, 5) is 14.5. The zero-order chi connectivity index (χ0) is 19.2. The molecular formula is C19H21F3N4O. The van der Waals surface area contributed by atoms with Crippen molar-refractivity contribution in [3.05, 3.63) is 47.3 Å². The van der Waals surface area contributed by atoms with E-state index in [0.29, 0.717) is 19.1 Å². The van der Waals surface area contributed by atoms with E-state index in [-0.39, 0.29) is 17.3 Å². The van der Waals surface area contributed by atoms with Gasteiger partial charge in [-0.15, -0.1) is 0 Å². The highest BCUT2D eigenvalue weighted by atomic mass is 19.4. The number of likely N-dealkylation sites (tertiary alicyclic amines) is 1. The van der Waals surface area contributed by atoms with E-state index in [2.05, 4.69) is 10.4 Å². The number of carbonyl (C=O) groups excluding carboxylic acids is 1. The van der Waals surface area contributed by atoms with Crippen LogP contribution in [0.25, 0.3) is 5.69 Å². The number of fused-ring (bicyclic) bond motifs is 2. The lowest BCUT2D eigenvalue weighted by Gasteiger charge is -2.24. The van der Waals surface area contributed by atoms with Crippen LogP contribution < -0.4 is 5.32 Å². The quantitative estimate of drug-likeness (QED) is 0.873. The van der Waals surface area contributed by atoms with Gasteiger partial charge in [-0.2, -0.15) is 18.3 Å². The fourth-order valence-electron chi connectivity index (χ4n) is 3.96. The molecule has 0 aliphatic carbocycles. The van der Waals surface area contributed by atoms with E-state index in [1.807, 2.05) is 6.92 Å². The number of halogens is 3. The van der Waals surface area contributed by atoms with Crippen molar-refractivity contribution in [2.24, 2.45) is 0 Å². The summed E-state index contributed by atoms with van der Waals surface area (Å²) in [5, 5.41) is 7.34. The smallest absolute Gasteiger partial charge is 0.337 e. The Bertz CT molecular complexity index is 844. The van der Waals surface area contributed by atoms with Gasteiger partial charge in [0, 0.05) is 25.2 Å². The van der Waals surface area contributed by atoms with Gasteiger partial charge in [0.1, 0.15) is 0 Å². The van der Waals surface area contributed by atoms with Crippen LogP contribution in [0.3, 0.4) is 0 Å². The molecule has 1 amide bonds. The fraction of sp³-hybridized carbons (Fsp3) is 0.474. The first-order valence-electron chi connectivity index (χ1n) is 9.10. The van der Waals surface area contributed by atoms with Crippen molar-refractivity contribution < 1.29 is 18.0 Å². The van der Waals surface area contributed by atoms with Crippen molar-refractivity contribution in [2.75, 3.05) is 13.1 Å². The Morgan fingerprint density at radius 2 is 1.85 bits per heavy atom. The molecule has 2 unspecified atom stereocenters. The van der Waals surface area contributed by atoms with E-state index >= 15 is 0 Å². The molecular weight excluding hydrogens is 357 g/mol. The standard InChI is InChI=1S/C19H21F3N4O/c1-12-2-6-15(7-3-12)26-17(19(20,21)22)16(10-23-26)18(27)25-9-8-13-4-5-14(11-25)24-13/h2-3,6-7,10,13-14,24H,4-5,8-9,11H2,1H3. The molecule has 144 valence electrons. The van der Waals surface area contributed by atoms with E-state index in [9.17, 15) is 18.0 Å². The normalized spacial score (nSPS) is 22.7. The molecule has 27 heavy (non-hydrogen) atoms. The van der Waals surface area contributed by atoms with Crippen molar-refractivity contribution >= 4 is 5.91 Å². The molecule has 5 nitrogen and oxygen atoms in total. The zero-order valence-electron chi connectivity index (χ0n) is 15.0. The minimum Gasteiger partial charge on any atom is -0.337 e. The summed E-state index contributed by atoms with van der Waals surface area (Å²) in [6.07, 6.45) is -0.873. The van der Waals surface area contributed by atoms with Crippen molar-refractivity contribution in [1.29, 1.82) is 0 Å². The van der Waals surface area contributed by atoms with Crippen molar-refractivity contribution in [3.63, 3.8) is 0 Å². The van der Waals surface area contributed by atoms with Crippen LogP contribution in [0.2, 0.25) is 0 Å². The Morgan fingerprint density at radius 3 is 2.56 bits per heavy atom. The summed E-state index contributed by atoms with van der Waals surface area (Å²) < 4.78 is 42.3. The molecule has 1 N–H and O–H groups in total. The number of hydrogen-bond acceptors (Lipinski definition) is 3. The minimum atomic E-state index is -4.69. The lowest BCUT2D eigenvalue weighted by atomic mass is 10.1. The molecule has 4 rings (SSSR count). The third kappa shape index (κ3) is 3.45. The molecule has 2 aliphatic heterocycles. The number of rotatable bonds is 2. The van der Waals surface area contributed by atoms with E-state index < -0.39 is 17.8 Å². The molecule has 2 aliphatic rings. The van der Waals surface area contributed by atoms with Crippen LogP contribution in [0.1, 0.15) is 40.9 Å².